The fraction of sp³-hybridized carbons (Fsp3) is 0.643. The molecular weight excluding hydrogens is 313 g/mol. The number of nitrogens with zero attached hydrogens (tertiary/aromatic N) is 3. The Morgan fingerprint density at radius 1 is 1.41 bits per heavy atom. The predicted octanol–water partition coefficient (Wildman–Crippen LogP) is 3.05. The van der Waals surface area contributed by atoms with Crippen molar-refractivity contribution in [2.24, 2.45) is 0 Å². The highest BCUT2D eigenvalue weighted by atomic mass is 35.5. The van der Waals surface area contributed by atoms with E-state index in [4.69, 9.17) is 21.1 Å². The molecule has 0 bridgehead atoms. The van der Waals surface area contributed by atoms with Crippen molar-refractivity contribution in [2.45, 2.75) is 45.3 Å². The summed E-state index contributed by atoms with van der Waals surface area (Å²) in [6, 6.07) is 0. The molecule has 6 nitrogen and oxygen atoms in total. The van der Waals surface area contributed by atoms with Gasteiger partial charge in [-0.1, -0.05) is 0 Å². The van der Waals surface area contributed by atoms with Gasteiger partial charge >= 0.3 is 6.09 Å². The third-order valence-corrected chi connectivity index (χ3v) is 3.24. The second-order valence-electron chi connectivity index (χ2n) is 6.08. The van der Waals surface area contributed by atoms with Gasteiger partial charge in [-0.05, 0) is 32.4 Å². The summed E-state index contributed by atoms with van der Waals surface area (Å²) in [4.78, 5) is 20.8. The summed E-state index contributed by atoms with van der Waals surface area (Å²) in [5.41, 5.74) is -0.523. The van der Waals surface area contributed by atoms with Crippen LogP contribution in [0.5, 0.6) is 5.88 Å². The lowest BCUT2D eigenvalue weighted by Gasteiger charge is -2.33. The van der Waals surface area contributed by atoms with Gasteiger partial charge in [0.2, 0.25) is 11.1 Å². The highest BCUT2D eigenvalue weighted by molar-refractivity contribution is 6.28. The number of piperidine rings is 1. The Balaban J connectivity index is 1.87. The first-order chi connectivity index (χ1) is 10.2. The lowest BCUT2D eigenvalue weighted by Crippen LogP contribution is -2.44. The molecular formula is C14H19ClFN3O3. The SMILES string of the molecule is CC(C)(C)OC(=O)N1CCC(Oc2nc(Cl)ncc2F)CC1. The van der Waals surface area contributed by atoms with Crippen LogP contribution in [0.1, 0.15) is 33.6 Å². The minimum atomic E-state index is -0.654. The Morgan fingerprint density at radius 2 is 2.05 bits per heavy atom. The van der Waals surface area contributed by atoms with Crippen molar-refractivity contribution in [3.8, 4) is 5.88 Å². The first-order valence-electron chi connectivity index (χ1n) is 7.07. The van der Waals surface area contributed by atoms with Crippen LogP contribution in [0, 0.1) is 5.82 Å². The molecule has 1 amide bonds. The van der Waals surface area contributed by atoms with Gasteiger partial charge in [0, 0.05) is 25.9 Å². The molecule has 1 aromatic rings. The first-order valence-corrected chi connectivity index (χ1v) is 7.45. The predicted molar refractivity (Wildman–Crippen MR) is 78.5 cm³/mol. The highest BCUT2D eigenvalue weighted by Gasteiger charge is 2.28. The summed E-state index contributed by atoms with van der Waals surface area (Å²) in [5.74, 6) is -0.810. The van der Waals surface area contributed by atoms with Crippen molar-refractivity contribution in [3.05, 3.63) is 17.3 Å². The van der Waals surface area contributed by atoms with Crippen LogP contribution in [0.3, 0.4) is 0 Å². The van der Waals surface area contributed by atoms with Gasteiger partial charge < -0.3 is 14.4 Å². The van der Waals surface area contributed by atoms with E-state index in [1.807, 2.05) is 20.8 Å². The maximum Gasteiger partial charge on any atom is 0.410 e. The number of carbonyl (C=O) groups is 1. The Bertz CT molecular complexity index is 543. The van der Waals surface area contributed by atoms with E-state index in [-0.39, 0.29) is 23.4 Å². The molecule has 0 spiro atoms. The first kappa shape index (κ1) is 16.7. The number of hydrogen-bond acceptors (Lipinski definition) is 5. The van der Waals surface area contributed by atoms with Gasteiger partial charge in [0.05, 0.1) is 6.20 Å². The molecule has 0 unspecified atom stereocenters. The zero-order valence-electron chi connectivity index (χ0n) is 12.8. The van der Waals surface area contributed by atoms with Crippen LogP contribution in [0.25, 0.3) is 0 Å². The zero-order chi connectivity index (χ0) is 16.3. The molecule has 22 heavy (non-hydrogen) atoms. The molecule has 1 aromatic heterocycles. The summed E-state index contributed by atoms with van der Waals surface area (Å²) in [6.45, 7) is 6.44. The van der Waals surface area contributed by atoms with E-state index in [1.165, 1.54) is 0 Å². The smallest absolute Gasteiger partial charge is 0.410 e. The molecule has 0 aliphatic carbocycles. The summed E-state index contributed by atoms with van der Waals surface area (Å²) in [5, 5.41) is -0.0670. The lowest BCUT2D eigenvalue weighted by atomic mass is 10.1. The van der Waals surface area contributed by atoms with Crippen LogP contribution in [0.15, 0.2) is 6.20 Å². The van der Waals surface area contributed by atoms with Crippen molar-refractivity contribution in [1.29, 1.82) is 0 Å². The quantitative estimate of drug-likeness (QED) is 0.779. The van der Waals surface area contributed by atoms with Crippen molar-refractivity contribution < 1.29 is 18.7 Å². The van der Waals surface area contributed by atoms with Crippen LogP contribution in [0.4, 0.5) is 9.18 Å². The molecule has 1 aliphatic heterocycles. The summed E-state index contributed by atoms with van der Waals surface area (Å²) < 4.78 is 24.3. The van der Waals surface area contributed by atoms with Crippen LogP contribution in [-0.2, 0) is 4.74 Å². The average molecular weight is 332 g/mol. The van der Waals surface area contributed by atoms with Crippen molar-refractivity contribution in [2.75, 3.05) is 13.1 Å². The maximum absolute atomic E-state index is 13.5. The van der Waals surface area contributed by atoms with E-state index in [9.17, 15) is 9.18 Å². The third kappa shape index (κ3) is 4.69. The van der Waals surface area contributed by atoms with Crippen LogP contribution in [-0.4, -0.2) is 45.8 Å². The second-order valence-corrected chi connectivity index (χ2v) is 6.41. The van der Waals surface area contributed by atoms with Gasteiger partial charge in [-0.3, -0.25) is 0 Å². The van der Waals surface area contributed by atoms with E-state index >= 15 is 0 Å². The monoisotopic (exact) mass is 331 g/mol. The number of likely N-dealkylation sites (tertiary alicyclic amines) is 1. The van der Waals surface area contributed by atoms with Crippen LogP contribution in [0.2, 0.25) is 5.28 Å². The van der Waals surface area contributed by atoms with Gasteiger partial charge in [-0.15, -0.1) is 0 Å². The molecule has 122 valence electrons. The molecule has 0 atom stereocenters. The van der Waals surface area contributed by atoms with Gasteiger partial charge in [-0.25, -0.2) is 9.78 Å². The number of rotatable bonds is 2. The Morgan fingerprint density at radius 3 is 2.64 bits per heavy atom. The Labute approximate surface area is 133 Å². The standard InChI is InChI=1S/C14H19ClFN3O3/c1-14(2,3)22-13(20)19-6-4-9(5-7-19)21-11-10(16)8-17-12(15)18-11/h8-9H,4-7H2,1-3H3. The second kappa shape index (κ2) is 6.64. The van der Waals surface area contributed by atoms with E-state index in [2.05, 4.69) is 9.97 Å². The van der Waals surface area contributed by atoms with Crippen LogP contribution >= 0.6 is 11.6 Å². The van der Waals surface area contributed by atoms with Gasteiger partial charge in [-0.2, -0.15) is 9.37 Å². The van der Waals surface area contributed by atoms with Gasteiger partial charge in [0.1, 0.15) is 11.7 Å². The van der Waals surface area contributed by atoms with Crippen molar-refractivity contribution >= 4 is 17.7 Å². The Hall–Kier alpha value is -1.63. The third-order valence-electron chi connectivity index (χ3n) is 3.05. The van der Waals surface area contributed by atoms with Crippen LogP contribution < -0.4 is 4.74 Å². The van der Waals surface area contributed by atoms with E-state index in [0.29, 0.717) is 25.9 Å². The largest absolute Gasteiger partial charge is 0.472 e. The summed E-state index contributed by atoms with van der Waals surface area (Å²) in [7, 11) is 0. The summed E-state index contributed by atoms with van der Waals surface area (Å²) in [6.07, 6.45) is 1.54. The number of carbonyl (C=O) groups excluding carboxylic acids is 1. The minimum Gasteiger partial charge on any atom is -0.472 e. The molecule has 0 N–H and O–H groups in total. The molecule has 0 saturated carbocycles. The Kier molecular flexibility index (Phi) is 5.05. The molecule has 0 radical (unpaired) electrons. The van der Waals surface area contributed by atoms with Gasteiger partial charge in [0.15, 0.2) is 0 Å². The van der Waals surface area contributed by atoms with E-state index in [1.54, 1.807) is 4.90 Å². The zero-order valence-corrected chi connectivity index (χ0v) is 13.6. The molecule has 1 saturated heterocycles. The maximum atomic E-state index is 13.5. The topological polar surface area (TPSA) is 64.5 Å². The fourth-order valence-corrected chi connectivity index (χ4v) is 2.18. The van der Waals surface area contributed by atoms with E-state index < -0.39 is 11.4 Å². The average Bonchev–Trinajstić information content (AvgIpc) is 2.42. The number of aromatic nitrogens is 2. The highest BCUT2D eigenvalue weighted by Crippen LogP contribution is 2.22. The van der Waals surface area contributed by atoms with Crippen molar-refractivity contribution in [3.63, 3.8) is 0 Å². The molecule has 2 rings (SSSR count). The fourth-order valence-electron chi connectivity index (χ4n) is 2.05. The summed E-state index contributed by atoms with van der Waals surface area (Å²) >= 11 is 5.62. The molecule has 2 heterocycles. The number of hydrogen-bond donors (Lipinski definition) is 0. The number of ether oxygens (including phenoxy) is 2. The molecule has 1 fully saturated rings. The molecule has 0 aromatic carbocycles. The molecule has 8 heteroatoms. The number of halogens is 2. The van der Waals surface area contributed by atoms with E-state index in [0.717, 1.165) is 6.20 Å². The minimum absolute atomic E-state index is 0.0670. The lowest BCUT2D eigenvalue weighted by molar-refractivity contribution is 0.0119. The van der Waals surface area contributed by atoms with Crippen molar-refractivity contribution in [1.82, 2.24) is 14.9 Å². The number of amides is 1. The molecule has 1 aliphatic rings. The normalized spacial score (nSPS) is 16.5. The van der Waals surface area contributed by atoms with Gasteiger partial charge in [0.25, 0.3) is 5.88 Å².